The van der Waals surface area contributed by atoms with E-state index in [1.807, 2.05) is 25.1 Å². The van der Waals surface area contributed by atoms with E-state index < -0.39 is 6.10 Å². The summed E-state index contributed by atoms with van der Waals surface area (Å²) in [6.07, 6.45) is 0.697. The van der Waals surface area contributed by atoms with Crippen LogP contribution in [-0.2, 0) is 11.2 Å². The molecule has 0 bridgehead atoms. The second kappa shape index (κ2) is 10.8. The summed E-state index contributed by atoms with van der Waals surface area (Å²) in [6.45, 7) is 6.95. The Morgan fingerprint density at radius 3 is 2.32 bits per heavy atom. The van der Waals surface area contributed by atoms with E-state index in [1.54, 1.807) is 0 Å². The molecule has 31 heavy (non-hydrogen) atoms. The number of hydrogen-bond acceptors (Lipinski definition) is 3. The molecule has 0 fully saturated rings. The molecule has 0 saturated carbocycles. The minimum Gasteiger partial charge on any atom is -0.389 e. The van der Waals surface area contributed by atoms with Gasteiger partial charge in [0.05, 0.1) is 18.8 Å². The van der Waals surface area contributed by atoms with Crippen LogP contribution in [-0.4, -0.2) is 29.9 Å². The van der Waals surface area contributed by atoms with Crippen LogP contribution in [0, 0.1) is 0 Å². The molecule has 3 nitrogen and oxygen atoms in total. The molecule has 0 aromatic heterocycles. The van der Waals surface area contributed by atoms with Gasteiger partial charge >= 0.3 is 0 Å². The fourth-order valence-electron chi connectivity index (χ4n) is 3.83. The van der Waals surface area contributed by atoms with E-state index in [9.17, 15) is 5.11 Å². The molecule has 0 heterocycles. The van der Waals surface area contributed by atoms with Crippen molar-refractivity contribution in [2.24, 2.45) is 0 Å². The Bertz CT molecular complexity index is 985. The Balaban J connectivity index is 1.53. The summed E-state index contributed by atoms with van der Waals surface area (Å²) in [7, 11) is 0. The van der Waals surface area contributed by atoms with Crippen LogP contribution >= 0.6 is 23.2 Å². The van der Waals surface area contributed by atoms with Crippen LogP contribution in [0.3, 0.4) is 0 Å². The number of β-amino-alcohol motifs (C(OH)–C–C–N with tert-alkyl or cyclic N) is 1. The molecule has 0 aliphatic heterocycles. The van der Waals surface area contributed by atoms with Crippen LogP contribution in [0.25, 0.3) is 10.8 Å². The van der Waals surface area contributed by atoms with E-state index >= 15 is 0 Å². The minimum absolute atomic E-state index is 0.167. The van der Waals surface area contributed by atoms with E-state index in [2.05, 4.69) is 61.6 Å². The topological polar surface area (TPSA) is 41.5 Å². The molecule has 3 aromatic carbocycles. The zero-order valence-electron chi connectivity index (χ0n) is 18.4. The first-order valence-electron chi connectivity index (χ1n) is 10.8. The van der Waals surface area contributed by atoms with Crippen LogP contribution in [0.15, 0.2) is 60.7 Å². The smallest absolute Gasteiger partial charge is 0.0898 e. The van der Waals surface area contributed by atoms with Crippen molar-refractivity contribution in [1.29, 1.82) is 0 Å². The van der Waals surface area contributed by atoms with E-state index in [1.165, 1.54) is 16.3 Å². The van der Waals surface area contributed by atoms with Crippen molar-refractivity contribution in [1.82, 2.24) is 5.32 Å². The molecular weight excluding hydrogens is 429 g/mol. The highest BCUT2D eigenvalue weighted by Crippen LogP contribution is 2.34. The minimum atomic E-state index is -0.633. The van der Waals surface area contributed by atoms with Gasteiger partial charge in [0, 0.05) is 27.7 Å². The Labute approximate surface area is 195 Å². The van der Waals surface area contributed by atoms with Gasteiger partial charge in [-0.25, -0.2) is 0 Å². The van der Waals surface area contributed by atoms with Crippen LogP contribution < -0.4 is 5.32 Å². The number of halogens is 2. The number of aliphatic hydroxyl groups is 1. The van der Waals surface area contributed by atoms with Crippen molar-refractivity contribution in [2.45, 2.75) is 51.4 Å². The zero-order valence-corrected chi connectivity index (χ0v) is 19.9. The molecule has 2 unspecified atom stereocenters. The number of fused-ring (bicyclic) bond motifs is 1. The molecule has 166 valence electrons. The summed E-state index contributed by atoms with van der Waals surface area (Å²) in [4.78, 5) is 0. The first kappa shape index (κ1) is 24.0. The number of hydrogen-bond donors (Lipinski definition) is 2. The molecule has 0 saturated heterocycles. The molecular formula is C26H31Cl2NO2. The quantitative estimate of drug-likeness (QED) is 0.359. The molecule has 0 radical (unpaired) electrons. The highest BCUT2D eigenvalue weighted by atomic mass is 35.5. The maximum atomic E-state index is 10.5. The molecule has 2 atom stereocenters. The average molecular weight is 460 g/mol. The molecule has 0 aliphatic rings. The van der Waals surface area contributed by atoms with E-state index in [4.69, 9.17) is 27.9 Å². The van der Waals surface area contributed by atoms with Gasteiger partial charge < -0.3 is 15.2 Å². The zero-order chi connectivity index (χ0) is 22.4. The van der Waals surface area contributed by atoms with Crippen molar-refractivity contribution < 1.29 is 9.84 Å². The van der Waals surface area contributed by atoms with Crippen LogP contribution in [0.1, 0.15) is 44.4 Å². The fraction of sp³-hybridized carbons (Fsp3) is 0.385. The third-order valence-electron chi connectivity index (χ3n) is 5.46. The SMILES string of the molecule is CCC(OCC(O)CNC(C)(C)Cc1ccc2ccccc2c1)c1c(Cl)cccc1Cl. The van der Waals surface area contributed by atoms with Crippen molar-refractivity contribution in [3.05, 3.63) is 81.8 Å². The molecule has 0 spiro atoms. The lowest BCUT2D eigenvalue weighted by atomic mass is 9.93. The van der Waals surface area contributed by atoms with Crippen molar-refractivity contribution in [2.75, 3.05) is 13.2 Å². The Morgan fingerprint density at radius 2 is 1.65 bits per heavy atom. The van der Waals surface area contributed by atoms with E-state index in [0.29, 0.717) is 16.6 Å². The van der Waals surface area contributed by atoms with Gasteiger partial charge in [0.1, 0.15) is 0 Å². The predicted molar refractivity (Wildman–Crippen MR) is 131 cm³/mol. The summed E-state index contributed by atoms with van der Waals surface area (Å²) < 4.78 is 5.97. The van der Waals surface area contributed by atoms with E-state index in [0.717, 1.165) is 18.4 Å². The van der Waals surface area contributed by atoms with Crippen molar-refractivity contribution in [3.8, 4) is 0 Å². The van der Waals surface area contributed by atoms with Gasteiger partial charge in [-0.3, -0.25) is 0 Å². The molecule has 5 heteroatoms. The summed E-state index contributed by atoms with van der Waals surface area (Å²) in [6, 6.07) is 20.4. The van der Waals surface area contributed by atoms with Crippen LogP contribution in [0.2, 0.25) is 10.0 Å². The molecule has 0 amide bonds. The Morgan fingerprint density at radius 1 is 0.968 bits per heavy atom. The maximum absolute atomic E-state index is 10.5. The van der Waals surface area contributed by atoms with Gasteiger partial charge in [0.15, 0.2) is 0 Å². The summed E-state index contributed by atoms with van der Waals surface area (Å²) in [5, 5.41) is 17.6. The highest BCUT2D eigenvalue weighted by Gasteiger charge is 2.22. The second-order valence-electron chi connectivity index (χ2n) is 8.64. The largest absolute Gasteiger partial charge is 0.389 e. The van der Waals surface area contributed by atoms with Crippen LogP contribution in [0.5, 0.6) is 0 Å². The first-order chi connectivity index (χ1) is 14.8. The third kappa shape index (κ3) is 6.68. The highest BCUT2D eigenvalue weighted by molar-refractivity contribution is 6.36. The van der Waals surface area contributed by atoms with Gasteiger partial charge in [0.25, 0.3) is 0 Å². The van der Waals surface area contributed by atoms with Crippen LogP contribution in [0.4, 0.5) is 0 Å². The third-order valence-corrected chi connectivity index (χ3v) is 6.12. The van der Waals surface area contributed by atoms with Crippen molar-refractivity contribution in [3.63, 3.8) is 0 Å². The Hall–Kier alpha value is -1.62. The average Bonchev–Trinajstić information content (AvgIpc) is 2.74. The standard InChI is InChI=1S/C26H31Cl2NO2/c1-4-24(25-22(27)10-7-11-23(25)28)31-17-21(30)16-29-26(2,3)15-18-12-13-19-8-5-6-9-20(19)14-18/h5-14,21,24,29-30H,4,15-17H2,1-3H3. The van der Waals surface area contributed by atoms with E-state index in [-0.39, 0.29) is 18.2 Å². The number of nitrogens with one attached hydrogen (secondary N) is 1. The lowest BCUT2D eigenvalue weighted by Crippen LogP contribution is -2.46. The predicted octanol–water partition coefficient (Wildman–Crippen LogP) is 6.59. The van der Waals surface area contributed by atoms with Gasteiger partial charge in [-0.15, -0.1) is 0 Å². The monoisotopic (exact) mass is 459 g/mol. The summed E-state index contributed by atoms with van der Waals surface area (Å²) in [5.41, 5.74) is 1.88. The first-order valence-corrected chi connectivity index (χ1v) is 11.5. The normalized spacial score (nSPS) is 14.0. The summed E-state index contributed by atoms with van der Waals surface area (Å²) in [5.74, 6) is 0. The maximum Gasteiger partial charge on any atom is 0.0898 e. The molecule has 0 aliphatic carbocycles. The molecule has 2 N–H and O–H groups in total. The molecule has 3 rings (SSSR count). The number of aliphatic hydroxyl groups excluding tert-OH is 1. The van der Waals surface area contributed by atoms with Gasteiger partial charge in [-0.2, -0.15) is 0 Å². The van der Waals surface area contributed by atoms with Gasteiger partial charge in [-0.1, -0.05) is 78.7 Å². The lowest BCUT2D eigenvalue weighted by Gasteiger charge is -2.29. The lowest BCUT2D eigenvalue weighted by molar-refractivity contribution is -0.0132. The Kier molecular flexibility index (Phi) is 8.37. The van der Waals surface area contributed by atoms with Crippen molar-refractivity contribution >= 4 is 34.0 Å². The number of rotatable bonds is 10. The van der Waals surface area contributed by atoms with Gasteiger partial charge in [0.2, 0.25) is 0 Å². The molecule has 3 aromatic rings. The number of benzene rings is 3. The second-order valence-corrected chi connectivity index (χ2v) is 9.46. The van der Waals surface area contributed by atoms with Gasteiger partial charge in [-0.05, 0) is 55.2 Å². The summed E-state index contributed by atoms with van der Waals surface area (Å²) >= 11 is 12.6. The number of ether oxygens (including phenoxy) is 1. The fourth-order valence-corrected chi connectivity index (χ4v) is 4.47.